The molecule has 4 aromatic rings. The fourth-order valence-electron chi connectivity index (χ4n) is 5.12. The number of carbonyl (C=O) groups is 2. The summed E-state index contributed by atoms with van der Waals surface area (Å²) in [5, 5.41) is 5.20. The maximum Gasteiger partial charge on any atom is 0.411 e. The van der Waals surface area contributed by atoms with E-state index in [1.54, 1.807) is 0 Å². The van der Waals surface area contributed by atoms with Gasteiger partial charge in [0.05, 0.1) is 11.5 Å². The van der Waals surface area contributed by atoms with Crippen molar-refractivity contribution in [1.82, 2.24) is 19.9 Å². The first kappa shape index (κ1) is 39.2. The van der Waals surface area contributed by atoms with Gasteiger partial charge in [0.1, 0.15) is 0 Å². The highest BCUT2D eigenvalue weighted by Gasteiger charge is 2.72. The Morgan fingerprint density at radius 1 is 0.647 bits per heavy atom. The zero-order valence-electron chi connectivity index (χ0n) is 27.1. The van der Waals surface area contributed by atoms with E-state index >= 15 is 0 Å². The summed E-state index contributed by atoms with van der Waals surface area (Å²) in [4.78, 5) is 62.2. The second-order valence-corrected chi connectivity index (χ2v) is 13.1. The van der Waals surface area contributed by atoms with Gasteiger partial charge in [-0.3, -0.25) is 19.2 Å². The van der Waals surface area contributed by atoms with E-state index in [0.717, 1.165) is 60.6 Å². The molecule has 0 aliphatic heterocycles. The van der Waals surface area contributed by atoms with Crippen LogP contribution in [0.4, 0.5) is 37.7 Å². The van der Waals surface area contributed by atoms with E-state index in [0.29, 0.717) is 48.5 Å². The normalized spacial score (nSPS) is 12.1. The Kier molecular flexibility index (Phi) is 12.8. The van der Waals surface area contributed by atoms with Gasteiger partial charge in [-0.05, 0) is 48.2 Å². The minimum absolute atomic E-state index is 0.0592. The van der Waals surface area contributed by atoms with E-state index in [1.165, 1.54) is 12.1 Å². The topological polar surface area (TPSA) is 150 Å². The first-order valence-electron chi connectivity index (χ1n) is 15.5. The molecule has 10 nitrogen and oxygen atoms in total. The van der Waals surface area contributed by atoms with E-state index < -0.39 is 51.8 Å². The smallest absolute Gasteiger partial charge is 0.325 e. The summed E-state index contributed by atoms with van der Waals surface area (Å²) < 4.78 is 88.0. The van der Waals surface area contributed by atoms with Crippen molar-refractivity contribution in [3.05, 3.63) is 104 Å². The van der Waals surface area contributed by atoms with Crippen LogP contribution in [-0.2, 0) is 27.8 Å². The predicted molar refractivity (Wildman–Crippen MR) is 182 cm³/mol. The quantitative estimate of drug-likeness (QED) is 0.0637. The summed E-state index contributed by atoms with van der Waals surface area (Å²) in [6, 6.07) is 8.93. The molecule has 18 heteroatoms. The first-order valence-corrected chi connectivity index (χ1v) is 17.4. The van der Waals surface area contributed by atoms with Crippen LogP contribution in [0.2, 0.25) is 0 Å². The van der Waals surface area contributed by atoms with Gasteiger partial charge in [0, 0.05) is 34.9 Å². The number of amides is 2. The van der Waals surface area contributed by atoms with Gasteiger partial charge in [-0.2, -0.15) is 26.3 Å². The van der Waals surface area contributed by atoms with Crippen LogP contribution < -0.4 is 21.8 Å². The molecule has 0 radical (unpaired) electrons. The first-order chi connectivity index (χ1) is 24.0. The van der Waals surface area contributed by atoms with Crippen LogP contribution in [0.15, 0.2) is 80.6 Å². The summed E-state index contributed by atoms with van der Waals surface area (Å²) in [7, 11) is 0. The van der Waals surface area contributed by atoms with Crippen LogP contribution in [-0.4, -0.2) is 55.6 Å². The van der Waals surface area contributed by atoms with Crippen molar-refractivity contribution in [3.8, 4) is 0 Å². The highest BCUT2D eigenvalue weighted by molar-refractivity contribution is 8.00. The minimum Gasteiger partial charge on any atom is -0.325 e. The standard InChI is InChI=1S/C33H32F6N6O4S2/c1-3-5-23-15-25(46)44-29(42-23)50-17-27(48)40-21-11-7-19(8-12-21)31(32(34,35)36,33(37,38)39)20-9-13-22(14-10-20)41-28(49)18-51-30-43-24(6-4-2)16-26(47)45-30/h7-16H,3-6,17-18H2,1-2H3,(H,40,48)(H,41,49)(H,42,44,46)(H,43,45,47). The Balaban J connectivity index is 1.49. The molecule has 0 aliphatic carbocycles. The number of aromatic amines is 2. The van der Waals surface area contributed by atoms with Crippen LogP contribution >= 0.6 is 23.5 Å². The molecule has 2 amide bonds. The monoisotopic (exact) mass is 754 g/mol. The number of aromatic nitrogens is 4. The van der Waals surface area contributed by atoms with Crippen LogP contribution in [0.3, 0.4) is 0 Å². The van der Waals surface area contributed by atoms with Crippen molar-refractivity contribution >= 4 is 46.7 Å². The zero-order chi connectivity index (χ0) is 37.4. The number of carbonyl (C=O) groups excluding carboxylic acids is 2. The van der Waals surface area contributed by atoms with Crippen molar-refractivity contribution in [1.29, 1.82) is 0 Å². The number of alkyl halides is 6. The van der Waals surface area contributed by atoms with E-state index in [2.05, 4.69) is 30.6 Å². The van der Waals surface area contributed by atoms with Crippen molar-refractivity contribution in [2.75, 3.05) is 22.1 Å². The third kappa shape index (κ3) is 9.81. The van der Waals surface area contributed by atoms with Gasteiger partial charge >= 0.3 is 12.4 Å². The number of H-pyrrole nitrogens is 2. The molecule has 272 valence electrons. The highest BCUT2D eigenvalue weighted by Crippen LogP contribution is 2.56. The number of benzene rings is 2. The lowest BCUT2D eigenvalue weighted by atomic mass is 9.73. The number of anilines is 2. The maximum atomic E-state index is 14.7. The van der Waals surface area contributed by atoms with Gasteiger partial charge < -0.3 is 20.6 Å². The molecule has 2 heterocycles. The number of thioether (sulfide) groups is 2. The lowest BCUT2D eigenvalue weighted by Gasteiger charge is -2.38. The molecule has 0 bridgehead atoms. The zero-order valence-corrected chi connectivity index (χ0v) is 28.8. The van der Waals surface area contributed by atoms with Crippen molar-refractivity contribution in [2.24, 2.45) is 0 Å². The van der Waals surface area contributed by atoms with Gasteiger partial charge in [-0.1, -0.05) is 74.5 Å². The SMILES string of the molecule is CCCc1cc(=O)[nH]c(SCC(=O)Nc2ccc(C(c3ccc(NC(=O)CSc4nc(CCC)cc(=O)[nH]4)cc3)(C(F)(F)F)C(F)(F)F)cc2)n1. The second kappa shape index (κ2) is 16.6. The van der Waals surface area contributed by atoms with E-state index in [-0.39, 0.29) is 33.2 Å². The molecule has 0 saturated carbocycles. The number of hydrogen-bond acceptors (Lipinski definition) is 8. The summed E-state index contributed by atoms with van der Waals surface area (Å²) in [5.41, 5.74) is -6.61. The van der Waals surface area contributed by atoms with Crippen LogP contribution in [0.1, 0.15) is 49.2 Å². The largest absolute Gasteiger partial charge is 0.411 e. The minimum atomic E-state index is -5.86. The fraction of sp³-hybridized carbons (Fsp3) is 0.333. The Bertz CT molecular complexity index is 1810. The van der Waals surface area contributed by atoms with Crippen molar-refractivity contribution in [3.63, 3.8) is 0 Å². The maximum absolute atomic E-state index is 14.7. The summed E-state index contributed by atoms with van der Waals surface area (Å²) in [5.74, 6) is -1.78. The lowest BCUT2D eigenvalue weighted by Crippen LogP contribution is -2.54. The van der Waals surface area contributed by atoms with Crippen LogP contribution in [0.25, 0.3) is 0 Å². The molecule has 0 saturated heterocycles. The van der Waals surface area contributed by atoms with E-state index in [1.807, 2.05) is 13.8 Å². The molecule has 0 spiro atoms. The Hall–Kier alpha value is -4.58. The molecule has 0 unspecified atom stereocenters. The number of halogens is 6. The Labute approximate surface area is 295 Å². The summed E-state index contributed by atoms with van der Waals surface area (Å²) >= 11 is 1.81. The van der Waals surface area contributed by atoms with Gasteiger partial charge in [-0.15, -0.1) is 0 Å². The average molecular weight is 755 g/mol. The molecule has 0 aliphatic rings. The van der Waals surface area contributed by atoms with Gasteiger partial charge in [0.25, 0.3) is 11.1 Å². The molecular formula is C33H32F6N6O4S2. The van der Waals surface area contributed by atoms with Crippen molar-refractivity contribution < 1.29 is 35.9 Å². The molecule has 51 heavy (non-hydrogen) atoms. The fourth-order valence-corrected chi connectivity index (χ4v) is 6.51. The van der Waals surface area contributed by atoms with Crippen LogP contribution in [0, 0.1) is 0 Å². The molecular weight excluding hydrogens is 723 g/mol. The number of aryl methyl sites for hydroxylation is 2. The molecule has 0 atom stereocenters. The molecule has 4 N–H and O–H groups in total. The van der Waals surface area contributed by atoms with E-state index in [9.17, 15) is 45.5 Å². The van der Waals surface area contributed by atoms with Gasteiger partial charge in [-0.25, -0.2) is 9.97 Å². The molecule has 2 aromatic heterocycles. The third-order valence-corrected chi connectivity index (χ3v) is 9.04. The predicted octanol–water partition coefficient (Wildman–Crippen LogP) is 6.63. The molecule has 0 fully saturated rings. The number of nitrogens with one attached hydrogen (secondary N) is 4. The summed E-state index contributed by atoms with van der Waals surface area (Å²) in [6.07, 6.45) is -9.15. The molecule has 2 aromatic carbocycles. The van der Waals surface area contributed by atoms with E-state index in [4.69, 9.17) is 0 Å². The molecule has 4 rings (SSSR count). The summed E-state index contributed by atoms with van der Waals surface area (Å²) in [6.45, 7) is 3.81. The van der Waals surface area contributed by atoms with Crippen LogP contribution in [0.5, 0.6) is 0 Å². The number of rotatable bonds is 14. The third-order valence-electron chi connectivity index (χ3n) is 7.29. The Morgan fingerprint density at radius 3 is 1.31 bits per heavy atom. The Morgan fingerprint density at radius 2 is 1.00 bits per heavy atom. The van der Waals surface area contributed by atoms with Crippen molar-refractivity contribution in [2.45, 2.75) is 67.6 Å². The highest BCUT2D eigenvalue weighted by atomic mass is 32.2. The van der Waals surface area contributed by atoms with Gasteiger partial charge in [0.15, 0.2) is 10.3 Å². The number of hydrogen-bond donors (Lipinski definition) is 4. The average Bonchev–Trinajstić information content (AvgIpc) is 3.03. The second-order valence-electron chi connectivity index (χ2n) is 11.2. The number of nitrogens with zero attached hydrogens (tertiary/aromatic N) is 2. The lowest BCUT2D eigenvalue weighted by molar-refractivity contribution is -0.288. The van der Waals surface area contributed by atoms with Gasteiger partial charge in [0.2, 0.25) is 17.2 Å².